The zero-order valence-corrected chi connectivity index (χ0v) is 19.3. The SMILES string of the molecule is Cc1ccc(S(=O)(=O)N2CCC(C(=O)OCC(=O)c3cc(C)c(C)cc3C)CC2)cc1. The smallest absolute Gasteiger partial charge is 0.309 e. The molecule has 3 rings (SSSR count). The van der Waals surface area contributed by atoms with E-state index in [1.807, 2.05) is 39.8 Å². The van der Waals surface area contributed by atoms with Gasteiger partial charge in [-0.05, 0) is 75.4 Å². The number of carbonyl (C=O) groups excluding carboxylic acids is 2. The number of esters is 1. The molecule has 0 spiro atoms. The molecule has 1 saturated heterocycles. The van der Waals surface area contributed by atoms with Crippen LogP contribution in [0.5, 0.6) is 0 Å². The summed E-state index contributed by atoms with van der Waals surface area (Å²) in [6, 6.07) is 10.5. The van der Waals surface area contributed by atoms with Crippen LogP contribution in [0, 0.1) is 33.6 Å². The van der Waals surface area contributed by atoms with Gasteiger partial charge in [-0.3, -0.25) is 9.59 Å². The fourth-order valence-corrected chi connectivity index (χ4v) is 5.25. The number of hydrogen-bond donors (Lipinski definition) is 0. The Morgan fingerprint density at radius 3 is 2.13 bits per heavy atom. The van der Waals surface area contributed by atoms with Gasteiger partial charge < -0.3 is 4.74 Å². The third-order valence-corrected chi connectivity index (χ3v) is 7.85. The van der Waals surface area contributed by atoms with Gasteiger partial charge in [-0.1, -0.05) is 23.8 Å². The van der Waals surface area contributed by atoms with Crippen molar-refractivity contribution >= 4 is 21.8 Å². The fraction of sp³-hybridized carbons (Fsp3) is 0.417. The van der Waals surface area contributed by atoms with Crippen LogP contribution in [0.2, 0.25) is 0 Å². The van der Waals surface area contributed by atoms with Crippen LogP contribution in [-0.2, 0) is 19.6 Å². The van der Waals surface area contributed by atoms with Gasteiger partial charge in [0.1, 0.15) is 0 Å². The monoisotopic (exact) mass is 443 g/mol. The van der Waals surface area contributed by atoms with E-state index >= 15 is 0 Å². The molecular formula is C24H29NO5S. The van der Waals surface area contributed by atoms with Gasteiger partial charge in [-0.15, -0.1) is 0 Å². The van der Waals surface area contributed by atoms with E-state index in [0.29, 0.717) is 18.4 Å². The summed E-state index contributed by atoms with van der Waals surface area (Å²) in [5.74, 6) is -1.08. The van der Waals surface area contributed by atoms with E-state index in [9.17, 15) is 18.0 Å². The quantitative estimate of drug-likeness (QED) is 0.502. The first kappa shape index (κ1) is 23.2. The summed E-state index contributed by atoms with van der Waals surface area (Å²) in [5.41, 5.74) is 4.54. The maximum Gasteiger partial charge on any atom is 0.309 e. The Kier molecular flexibility index (Phi) is 6.96. The maximum atomic E-state index is 12.8. The van der Waals surface area contributed by atoms with Crippen molar-refractivity contribution in [3.63, 3.8) is 0 Å². The number of benzene rings is 2. The number of Topliss-reactive ketones (excluding diaryl/α,β-unsaturated/α-hetero) is 1. The number of ether oxygens (including phenoxy) is 1. The van der Waals surface area contributed by atoms with Crippen molar-refractivity contribution < 1.29 is 22.7 Å². The first-order valence-corrected chi connectivity index (χ1v) is 11.9. The van der Waals surface area contributed by atoms with E-state index in [2.05, 4.69) is 0 Å². The zero-order chi connectivity index (χ0) is 22.8. The molecular weight excluding hydrogens is 414 g/mol. The lowest BCUT2D eigenvalue weighted by atomic mass is 9.97. The Labute approximate surface area is 184 Å². The van der Waals surface area contributed by atoms with Crippen LogP contribution in [0.4, 0.5) is 0 Å². The Hall–Kier alpha value is -2.51. The molecule has 1 heterocycles. The van der Waals surface area contributed by atoms with Gasteiger partial charge in [0, 0.05) is 18.7 Å². The van der Waals surface area contributed by atoms with Crippen molar-refractivity contribution in [2.24, 2.45) is 5.92 Å². The molecule has 2 aromatic carbocycles. The molecule has 1 aliphatic heterocycles. The number of hydrogen-bond acceptors (Lipinski definition) is 5. The highest BCUT2D eigenvalue weighted by molar-refractivity contribution is 7.89. The minimum atomic E-state index is -3.57. The molecule has 0 amide bonds. The molecule has 1 fully saturated rings. The second kappa shape index (κ2) is 9.32. The molecule has 1 aliphatic rings. The normalized spacial score (nSPS) is 15.6. The number of sulfonamides is 1. The van der Waals surface area contributed by atoms with Gasteiger partial charge >= 0.3 is 5.97 Å². The standard InChI is InChI=1S/C24H29NO5S/c1-16-5-7-21(8-6-16)31(28,29)25-11-9-20(10-12-25)24(27)30-15-23(26)22-14-18(3)17(2)13-19(22)4/h5-8,13-14,20H,9-12,15H2,1-4H3. The molecule has 2 aromatic rings. The first-order chi connectivity index (χ1) is 14.6. The Morgan fingerprint density at radius 2 is 1.52 bits per heavy atom. The molecule has 6 nitrogen and oxygen atoms in total. The van der Waals surface area contributed by atoms with Gasteiger partial charge in [0.15, 0.2) is 6.61 Å². The number of rotatable bonds is 6. The minimum Gasteiger partial charge on any atom is -0.457 e. The summed E-state index contributed by atoms with van der Waals surface area (Å²) in [4.78, 5) is 25.2. The van der Waals surface area contributed by atoms with Crippen molar-refractivity contribution in [3.05, 3.63) is 64.2 Å². The molecule has 0 saturated carbocycles. The van der Waals surface area contributed by atoms with E-state index < -0.39 is 21.9 Å². The van der Waals surface area contributed by atoms with Gasteiger partial charge in [0.25, 0.3) is 0 Å². The van der Waals surface area contributed by atoms with E-state index in [1.165, 1.54) is 4.31 Å². The molecule has 0 atom stereocenters. The molecule has 0 aliphatic carbocycles. The molecule has 0 unspecified atom stereocenters. The highest BCUT2D eigenvalue weighted by Crippen LogP contribution is 2.25. The summed E-state index contributed by atoms with van der Waals surface area (Å²) in [7, 11) is -3.57. The van der Waals surface area contributed by atoms with Gasteiger partial charge in [0.2, 0.25) is 15.8 Å². The summed E-state index contributed by atoms with van der Waals surface area (Å²) in [5, 5.41) is 0. The Balaban J connectivity index is 1.55. The molecule has 31 heavy (non-hydrogen) atoms. The van der Waals surface area contributed by atoms with Crippen molar-refractivity contribution in [2.45, 2.75) is 45.4 Å². The second-order valence-corrected chi connectivity index (χ2v) is 10.2. The average molecular weight is 444 g/mol. The van der Waals surface area contributed by atoms with Gasteiger partial charge in [-0.25, -0.2) is 8.42 Å². The number of carbonyl (C=O) groups is 2. The van der Waals surface area contributed by atoms with E-state index in [4.69, 9.17) is 4.74 Å². The summed E-state index contributed by atoms with van der Waals surface area (Å²) < 4.78 is 32.3. The van der Waals surface area contributed by atoms with Crippen LogP contribution in [0.3, 0.4) is 0 Å². The predicted molar refractivity (Wildman–Crippen MR) is 119 cm³/mol. The molecule has 7 heteroatoms. The zero-order valence-electron chi connectivity index (χ0n) is 18.5. The number of ketones is 1. The van der Waals surface area contributed by atoms with Crippen LogP contribution in [0.15, 0.2) is 41.3 Å². The Bertz CT molecular complexity index is 1080. The van der Waals surface area contributed by atoms with Crippen LogP contribution in [0.25, 0.3) is 0 Å². The summed E-state index contributed by atoms with van der Waals surface area (Å²) in [6.45, 7) is 7.90. The Morgan fingerprint density at radius 1 is 0.935 bits per heavy atom. The highest BCUT2D eigenvalue weighted by Gasteiger charge is 2.33. The lowest BCUT2D eigenvalue weighted by Gasteiger charge is -2.30. The third kappa shape index (κ3) is 5.22. The number of nitrogens with zero attached hydrogens (tertiary/aromatic N) is 1. The van der Waals surface area contributed by atoms with Crippen molar-refractivity contribution in [3.8, 4) is 0 Å². The number of aryl methyl sites for hydroxylation is 4. The topological polar surface area (TPSA) is 80.8 Å². The lowest BCUT2D eigenvalue weighted by Crippen LogP contribution is -2.40. The van der Waals surface area contributed by atoms with E-state index in [-0.39, 0.29) is 30.4 Å². The van der Waals surface area contributed by atoms with E-state index in [1.54, 1.807) is 24.3 Å². The molecule has 0 N–H and O–H groups in total. The number of piperidine rings is 1. The average Bonchev–Trinajstić information content (AvgIpc) is 2.74. The summed E-state index contributed by atoms with van der Waals surface area (Å²) in [6.07, 6.45) is 0.752. The second-order valence-electron chi connectivity index (χ2n) is 8.27. The first-order valence-electron chi connectivity index (χ1n) is 10.4. The van der Waals surface area contributed by atoms with Gasteiger partial charge in [-0.2, -0.15) is 4.31 Å². The van der Waals surface area contributed by atoms with Crippen LogP contribution >= 0.6 is 0 Å². The molecule has 0 radical (unpaired) electrons. The largest absolute Gasteiger partial charge is 0.457 e. The van der Waals surface area contributed by atoms with Crippen LogP contribution < -0.4 is 0 Å². The van der Waals surface area contributed by atoms with E-state index in [0.717, 1.165) is 22.3 Å². The summed E-state index contributed by atoms with van der Waals surface area (Å²) >= 11 is 0. The minimum absolute atomic E-state index is 0.228. The fourth-order valence-electron chi connectivity index (χ4n) is 3.78. The third-order valence-electron chi connectivity index (χ3n) is 5.93. The maximum absolute atomic E-state index is 12.8. The van der Waals surface area contributed by atoms with Crippen LogP contribution in [-0.4, -0.2) is 44.2 Å². The lowest BCUT2D eigenvalue weighted by molar-refractivity contribution is -0.148. The molecule has 0 aromatic heterocycles. The van der Waals surface area contributed by atoms with Crippen LogP contribution in [0.1, 0.15) is 45.5 Å². The molecule has 0 bridgehead atoms. The highest BCUT2D eigenvalue weighted by atomic mass is 32.2. The van der Waals surface area contributed by atoms with Crippen molar-refractivity contribution in [1.82, 2.24) is 4.31 Å². The predicted octanol–water partition coefficient (Wildman–Crippen LogP) is 3.75. The van der Waals surface area contributed by atoms with Crippen molar-refractivity contribution in [1.29, 1.82) is 0 Å². The van der Waals surface area contributed by atoms with Crippen molar-refractivity contribution in [2.75, 3.05) is 19.7 Å². The van der Waals surface area contributed by atoms with Gasteiger partial charge in [0.05, 0.1) is 10.8 Å². The molecule has 166 valence electrons.